The number of piperidine rings is 1. The fourth-order valence-corrected chi connectivity index (χ4v) is 3.15. The average molecular weight is 361 g/mol. The van der Waals surface area contributed by atoms with E-state index in [1.165, 1.54) is 20.3 Å². The van der Waals surface area contributed by atoms with Crippen molar-refractivity contribution in [2.75, 3.05) is 27.3 Å². The largest absolute Gasteiger partial charge is 0.507 e. The molecule has 1 aromatic rings. The number of amides is 1. The van der Waals surface area contributed by atoms with Crippen LogP contribution in [-0.2, 0) is 9.53 Å². The minimum absolute atomic E-state index is 0.125. The van der Waals surface area contributed by atoms with Crippen molar-refractivity contribution >= 4 is 18.0 Å². The van der Waals surface area contributed by atoms with E-state index in [1.807, 2.05) is 24.0 Å². The van der Waals surface area contributed by atoms with Gasteiger partial charge in [0, 0.05) is 25.6 Å². The highest BCUT2D eigenvalue weighted by molar-refractivity contribution is 5.96. The molecular formula is C20H27NO5. The molecule has 1 aromatic carbocycles. The summed E-state index contributed by atoms with van der Waals surface area (Å²) in [7, 11) is 2.78. The molecule has 6 nitrogen and oxygen atoms in total. The van der Waals surface area contributed by atoms with Gasteiger partial charge in [-0.2, -0.15) is 0 Å². The first-order chi connectivity index (χ1) is 12.5. The van der Waals surface area contributed by atoms with Crippen LogP contribution in [0.1, 0.15) is 48.5 Å². The molecule has 1 aliphatic rings. The third kappa shape index (κ3) is 4.77. The molecule has 1 aliphatic heterocycles. The van der Waals surface area contributed by atoms with Gasteiger partial charge in [0.05, 0.1) is 14.2 Å². The number of aromatic hydroxyl groups is 1. The lowest BCUT2D eigenvalue weighted by Gasteiger charge is -2.30. The molecule has 0 aromatic heterocycles. The maximum absolute atomic E-state index is 12.0. The summed E-state index contributed by atoms with van der Waals surface area (Å²) in [5, 5.41) is 10.1. The normalized spacial score (nSPS) is 15.3. The number of carbonyl (C=O) groups excluding carboxylic acids is 2. The van der Waals surface area contributed by atoms with E-state index in [9.17, 15) is 14.7 Å². The van der Waals surface area contributed by atoms with Gasteiger partial charge in [0.2, 0.25) is 5.91 Å². The molecule has 1 fully saturated rings. The zero-order chi connectivity index (χ0) is 19.1. The fourth-order valence-electron chi connectivity index (χ4n) is 3.15. The zero-order valence-corrected chi connectivity index (χ0v) is 15.7. The second-order valence-electron chi connectivity index (χ2n) is 6.43. The second-order valence-corrected chi connectivity index (χ2v) is 6.43. The predicted octanol–water partition coefficient (Wildman–Crippen LogP) is 3.24. The van der Waals surface area contributed by atoms with Crippen LogP contribution >= 0.6 is 0 Å². The first kappa shape index (κ1) is 19.8. The van der Waals surface area contributed by atoms with Crippen molar-refractivity contribution in [1.82, 2.24) is 4.90 Å². The van der Waals surface area contributed by atoms with Crippen LogP contribution < -0.4 is 4.74 Å². The van der Waals surface area contributed by atoms with Gasteiger partial charge in [0.25, 0.3) is 0 Å². The van der Waals surface area contributed by atoms with Gasteiger partial charge in [0.1, 0.15) is 17.1 Å². The zero-order valence-electron chi connectivity index (χ0n) is 15.7. The van der Waals surface area contributed by atoms with Crippen LogP contribution in [0.2, 0.25) is 0 Å². The Labute approximate surface area is 154 Å². The second kappa shape index (κ2) is 9.27. The third-order valence-electron chi connectivity index (χ3n) is 4.65. The van der Waals surface area contributed by atoms with E-state index in [1.54, 1.807) is 6.07 Å². The molecule has 0 radical (unpaired) electrons. The average Bonchev–Trinajstić information content (AvgIpc) is 2.65. The summed E-state index contributed by atoms with van der Waals surface area (Å²) in [4.78, 5) is 25.9. The van der Waals surface area contributed by atoms with Crippen LogP contribution in [0.5, 0.6) is 11.5 Å². The lowest BCUT2D eigenvalue weighted by molar-refractivity contribution is -0.132. The highest BCUT2D eigenvalue weighted by Gasteiger charge is 2.21. The number of likely N-dealkylation sites (tertiary alicyclic amines) is 1. The number of hydrogen-bond acceptors (Lipinski definition) is 5. The minimum atomic E-state index is -0.593. The molecule has 1 saturated heterocycles. The summed E-state index contributed by atoms with van der Waals surface area (Å²) in [6.07, 6.45) is 7.09. The van der Waals surface area contributed by atoms with E-state index in [4.69, 9.17) is 9.47 Å². The van der Waals surface area contributed by atoms with Gasteiger partial charge in [-0.3, -0.25) is 4.79 Å². The first-order valence-corrected chi connectivity index (χ1v) is 8.95. The van der Waals surface area contributed by atoms with Crippen molar-refractivity contribution < 1.29 is 24.2 Å². The van der Waals surface area contributed by atoms with Gasteiger partial charge in [-0.25, -0.2) is 4.79 Å². The van der Waals surface area contributed by atoms with Crippen molar-refractivity contribution in [3.05, 3.63) is 29.3 Å². The van der Waals surface area contributed by atoms with Gasteiger partial charge in [-0.1, -0.05) is 19.1 Å². The van der Waals surface area contributed by atoms with Crippen LogP contribution in [0.3, 0.4) is 0 Å². The molecule has 1 N–H and O–H groups in total. The summed E-state index contributed by atoms with van der Waals surface area (Å²) in [6.45, 7) is 3.51. The van der Waals surface area contributed by atoms with Gasteiger partial charge < -0.3 is 19.5 Å². The number of benzene rings is 1. The molecule has 0 bridgehead atoms. The number of phenols is 1. The third-order valence-corrected chi connectivity index (χ3v) is 4.65. The van der Waals surface area contributed by atoms with Crippen molar-refractivity contribution in [2.45, 2.75) is 32.6 Å². The lowest BCUT2D eigenvalue weighted by atomic mass is 9.94. The fraction of sp³-hybridized carbons (Fsp3) is 0.500. The van der Waals surface area contributed by atoms with Crippen LogP contribution in [0.15, 0.2) is 18.2 Å². The highest BCUT2D eigenvalue weighted by Crippen LogP contribution is 2.30. The van der Waals surface area contributed by atoms with E-state index in [0.29, 0.717) is 23.7 Å². The Bertz CT molecular complexity index is 675. The predicted molar refractivity (Wildman–Crippen MR) is 99.2 cm³/mol. The maximum Gasteiger partial charge on any atom is 0.342 e. The lowest BCUT2D eigenvalue weighted by Crippen LogP contribution is -2.37. The molecule has 1 amide bonds. The maximum atomic E-state index is 12.0. The number of esters is 1. The smallest absolute Gasteiger partial charge is 0.342 e. The van der Waals surface area contributed by atoms with Gasteiger partial charge in [0.15, 0.2) is 0 Å². The molecule has 1 heterocycles. The van der Waals surface area contributed by atoms with Crippen molar-refractivity contribution in [3.8, 4) is 11.5 Å². The molecule has 0 saturated carbocycles. The number of ether oxygens (including phenoxy) is 2. The van der Waals surface area contributed by atoms with E-state index < -0.39 is 5.97 Å². The number of methoxy groups -OCH3 is 2. The van der Waals surface area contributed by atoms with E-state index >= 15 is 0 Å². The monoisotopic (exact) mass is 361 g/mol. The molecule has 0 aliphatic carbocycles. The van der Waals surface area contributed by atoms with Crippen LogP contribution in [0, 0.1) is 5.92 Å². The van der Waals surface area contributed by atoms with Crippen LogP contribution in [-0.4, -0.2) is 49.2 Å². The summed E-state index contributed by atoms with van der Waals surface area (Å²) in [6, 6.07) is 3.09. The number of allylic oxidation sites excluding steroid dienone is 1. The standard InChI is InChI=1S/C20H27NO5/c1-4-5-18(23)21-10-8-14(9-11-21)6-7-15-12-16(25-2)13-17(22)19(15)20(24)26-3/h6-7,12-14,22H,4-5,8-11H2,1-3H3. The molecule has 142 valence electrons. The Morgan fingerprint density at radius 1 is 1.27 bits per heavy atom. The Hall–Kier alpha value is -2.50. The summed E-state index contributed by atoms with van der Waals surface area (Å²) in [5.74, 6) is 0.246. The molecular weight excluding hydrogens is 334 g/mol. The van der Waals surface area contributed by atoms with Crippen LogP contribution in [0.25, 0.3) is 6.08 Å². The topological polar surface area (TPSA) is 76.1 Å². The Morgan fingerprint density at radius 3 is 2.54 bits per heavy atom. The van der Waals surface area contributed by atoms with Crippen molar-refractivity contribution in [3.63, 3.8) is 0 Å². The quantitative estimate of drug-likeness (QED) is 0.787. The number of rotatable bonds is 6. The van der Waals surface area contributed by atoms with Crippen molar-refractivity contribution in [2.24, 2.45) is 5.92 Å². The minimum Gasteiger partial charge on any atom is -0.507 e. The van der Waals surface area contributed by atoms with E-state index in [0.717, 1.165) is 32.4 Å². The molecule has 26 heavy (non-hydrogen) atoms. The van der Waals surface area contributed by atoms with Gasteiger partial charge in [-0.05, 0) is 36.8 Å². The number of phenolic OH excluding ortho intramolecular Hbond substituents is 1. The molecule has 6 heteroatoms. The molecule has 0 atom stereocenters. The Balaban J connectivity index is 2.12. The number of nitrogens with zero attached hydrogens (tertiary/aromatic N) is 1. The molecule has 0 spiro atoms. The van der Waals surface area contributed by atoms with E-state index in [2.05, 4.69) is 0 Å². The number of carbonyl (C=O) groups is 2. The molecule has 0 unspecified atom stereocenters. The summed E-state index contributed by atoms with van der Waals surface area (Å²) in [5.41, 5.74) is 0.679. The SMILES string of the molecule is CCCC(=O)N1CCC(C=Cc2cc(OC)cc(O)c2C(=O)OC)CC1. The summed E-state index contributed by atoms with van der Waals surface area (Å²) >= 11 is 0. The van der Waals surface area contributed by atoms with Crippen molar-refractivity contribution in [1.29, 1.82) is 0 Å². The first-order valence-electron chi connectivity index (χ1n) is 8.95. The van der Waals surface area contributed by atoms with Gasteiger partial charge >= 0.3 is 5.97 Å². The van der Waals surface area contributed by atoms with E-state index in [-0.39, 0.29) is 17.2 Å². The number of hydrogen-bond donors (Lipinski definition) is 1. The van der Waals surface area contributed by atoms with Crippen LogP contribution in [0.4, 0.5) is 0 Å². The van der Waals surface area contributed by atoms with Gasteiger partial charge in [-0.15, -0.1) is 0 Å². The molecule has 2 rings (SSSR count). The summed E-state index contributed by atoms with van der Waals surface area (Å²) < 4.78 is 9.94. The Morgan fingerprint density at radius 2 is 1.96 bits per heavy atom. The highest BCUT2D eigenvalue weighted by atomic mass is 16.5. The Kier molecular flexibility index (Phi) is 7.06.